The maximum atomic E-state index is 12.0. The highest BCUT2D eigenvalue weighted by Gasteiger charge is 2.26. The Hall–Kier alpha value is -1.13. The number of carbonyl (C=O) groups excluding carboxylic acids is 1. The van der Waals surface area contributed by atoms with Gasteiger partial charge in [0.25, 0.3) is 5.91 Å². The number of halogens is 1. The van der Waals surface area contributed by atoms with Gasteiger partial charge in [-0.2, -0.15) is 0 Å². The molecule has 0 bridgehead atoms. The highest BCUT2D eigenvalue weighted by atomic mass is 35.5. The fourth-order valence-corrected chi connectivity index (χ4v) is 1.65. The van der Waals surface area contributed by atoms with E-state index in [4.69, 9.17) is 11.6 Å². The lowest BCUT2D eigenvalue weighted by atomic mass is 10.1. The third-order valence-corrected chi connectivity index (χ3v) is 2.93. The summed E-state index contributed by atoms with van der Waals surface area (Å²) < 4.78 is 0. The Balaban J connectivity index is 2.16. The van der Waals surface area contributed by atoms with E-state index in [9.17, 15) is 4.79 Å². The van der Waals surface area contributed by atoms with Crippen molar-refractivity contribution in [1.29, 1.82) is 0 Å². The summed E-state index contributed by atoms with van der Waals surface area (Å²) in [5.41, 5.74) is 0.515. The molecular formula is C10H12ClN3O. The van der Waals surface area contributed by atoms with Crippen molar-refractivity contribution in [3.63, 3.8) is 0 Å². The number of pyridine rings is 1. The molecule has 1 N–H and O–H groups in total. The molecule has 0 atom stereocenters. The molecule has 4 nitrogen and oxygen atoms in total. The highest BCUT2D eigenvalue weighted by Crippen LogP contribution is 2.17. The molecule has 0 spiro atoms. The Labute approximate surface area is 93.2 Å². The lowest BCUT2D eigenvalue weighted by Gasteiger charge is -2.35. The maximum Gasteiger partial charge on any atom is 0.255 e. The van der Waals surface area contributed by atoms with Gasteiger partial charge in [-0.05, 0) is 6.07 Å². The standard InChI is InChI=1S/C10H12ClN3O/c1-14(7-4-13-5-7)10(15)8-2-3-12-6-9(8)11/h2-3,6-7,13H,4-5H2,1H3. The first-order valence-corrected chi connectivity index (χ1v) is 5.15. The van der Waals surface area contributed by atoms with Crippen molar-refractivity contribution in [3.8, 4) is 0 Å². The normalized spacial score (nSPS) is 15.9. The van der Waals surface area contributed by atoms with Gasteiger partial charge in [0.1, 0.15) is 0 Å². The van der Waals surface area contributed by atoms with Crippen LogP contribution in [0, 0.1) is 0 Å². The number of nitrogens with zero attached hydrogens (tertiary/aromatic N) is 2. The fourth-order valence-electron chi connectivity index (χ4n) is 1.45. The SMILES string of the molecule is CN(C(=O)c1ccncc1Cl)C1CNC1. The molecule has 80 valence electrons. The molecule has 0 unspecified atom stereocenters. The number of rotatable bonds is 2. The molecule has 2 heterocycles. The van der Waals surface area contributed by atoms with E-state index in [-0.39, 0.29) is 11.9 Å². The van der Waals surface area contributed by atoms with E-state index < -0.39 is 0 Å². The molecule has 1 amide bonds. The zero-order valence-electron chi connectivity index (χ0n) is 8.40. The maximum absolute atomic E-state index is 12.0. The Kier molecular flexibility index (Phi) is 2.88. The summed E-state index contributed by atoms with van der Waals surface area (Å²) >= 11 is 5.90. The molecule has 5 heteroatoms. The fraction of sp³-hybridized carbons (Fsp3) is 0.400. The van der Waals surface area contributed by atoms with E-state index >= 15 is 0 Å². The molecule has 1 aromatic rings. The Morgan fingerprint density at radius 2 is 2.40 bits per heavy atom. The largest absolute Gasteiger partial charge is 0.336 e. The molecule has 1 aliphatic rings. The van der Waals surface area contributed by atoms with Crippen LogP contribution in [0.2, 0.25) is 5.02 Å². The van der Waals surface area contributed by atoms with Gasteiger partial charge in [-0.1, -0.05) is 11.6 Å². The van der Waals surface area contributed by atoms with Crippen LogP contribution in [0.4, 0.5) is 0 Å². The molecule has 0 aromatic carbocycles. The number of hydrogen-bond donors (Lipinski definition) is 1. The predicted octanol–water partition coefficient (Wildman–Crippen LogP) is 0.779. The first-order valence-electron chi connectivity index (χ1n) is 4.77. The summed E-state index contributed by atoms with van der Waals surface area (Å²) in [5, 5.41) is 3.53. The Bertz CT molecular complexity index is 379. The number of likely N-dealkylation sites (N-methyl/N-ethyl adjacent to an activating group) is 1. The third kappa shape index (κ3) is 1.96. The molecule has 0 aliphatic carbocycles. The van der Waals surface area contributed by atoms with Crippen LogP contribution in [0.5, 0.6) is 0 Å². The molecule has 0 saturated carbocycles. The Morgan fingerprint density at radius 3 is 2.93 bits per heavy atom. The Morgan fingerprint density at radius 1 is 1.67 bits per heavy atom. The van der Waals surface area contributed by atoms with Gasteiger partial charge in [0.05, 0.1) is 16.6 Å². The van der Waals surface area contributed by atoms with E-state index in [0.717, 1.165) is 13.1 Å². The number of aromatic nitrogens is 1. The van der Waals surface area contributed by atoms with Crippen LogP contribution in [0.3, 0.4) is 0 Å². The molecule has 1 saturated heterocycles. The number of hydrogen-bond acceptors (Lipinski definition) is 3. The molecule has 15 heavy (non-hydrogen) atoms. The minimum absolute atomic E-state index is 0.0473. The average Bonchev–Trinajstić information content (AvgIpc) is 2.15. The molecule has 0 radical (unpaired) electrons. The lowest BCUT2D eigenvalue weighted by Crippen LogP contribution is -2.57. The minimum Gasteiger partial charge on any atom is -0.336 e. The van der Waals surface area contributed by atoms with E-state index in [1.54, 1.807) is 24.2 Å². The van der Waals surface area contributed by atoms with Crippen LogP contribution in [0.1, 0.15) is 10.4 Å². The smallest absolute Gasteiger partial charge is 0.255 e. The van der Waals surface area contributed by atoms with Gasteiger partial charge in [0.15, 0.2) is 0 Å². The first-order chi connectivity index (χ1) is 7.20. The monoisotopic (exact) mass is 225 g/mol. The quantitative estimate of drug-likeness (QED) is 0.809. The predicted molar refractivity (Wildman–Crippen MR) is 58.0 cm³/mol. The van der Waals surface area contributed by atoms with Crippen LogP contribution in [0.25, 0.3) is 0 Å². The average molecular weight is 226 g/mol. The summed E-state index contributed by atoms with van der Waals surface area (Å²) in [5.74, 6) is -0.0473. The number of carbonyl (C=O) groups is 1. The summed E-state index contributed by atoms with van der Waals surface area (Å²) in [6.45, 7) is 1.70. The number of amides is 1. The molecule has 1 aromatic heterocycles. The van der Waals surface area contributed by atoms with Gasteiger partial charge in [0, 0.05) is 32.5 Å². The van der Waals surface area contributed by atoms with Crippen molar-refractivity contribution in [2.45, 2.75) is 6.04 Å². The zero-order valence-corrected chi connectivity index (χ0v) is 9.16. The van der Waals surface area contributed by atoms with Gasteiger partial charge >= 0.3 is 0 Å². The zero-order chi connectivity index (χ0) is 10.8. The first kappa shape index (κ1) is 10.4. The van der Waals surface area contributed by atoms with E-state index in [0.29, 0.717) is 10.6 Å². The van der Waals surface area contributed by atoms with E-state index in [2.05, 4.69) is 10.3 Å². The topological polar surface area (TPSA) is 45.2 Å². The minimum atomic E-state index is -0.0473. The van der Waals surface area contributed by atoms with Gasteiger partial charge in [-0.15, -0.1) is 0 Å². The van der Waals surface area contributed by atoms with Gasteiger partial charge in [0.2, 0.25) is 0 Å². The van der Waals surface area contributed by atoms with E-state index in [1.807, 2.05) is 0 Å². The van der Waals surface area contributed by atoms with Crippen molar-refractivity contribution in [2.24, 2.45) is 0 Å². The van der Waals surface area contributed by atoms with Crippen molar-refractivity contribution in [1.82, 2.24) is 15.2 Å². The number of nitrogens with one attached hydrogen (secondary N) is 1. The van der Waals surface area contributed by atoms with Crippen molar-refractivity contribution >= 4 is 17.5 Å². The summed E-state index contributed by atoms with van der Waals surface area (Å²) in [7, 11) is 1.80. The van der Waals surface area contributed by atoms with E-state index in [1.165, 1.54) is 6.20 Å². The summed E-state index contributed by atoms with van der Waals surface area (Å²) in [6, 6.07) is 1.93. The van der Waals surface area contributed by atoms with Crippen LogP contribution < -0.4 is 5.32 Å². The molecule has 1 aliphatic heterocycles. The molecule has 2 rings (SSSR count). The van der Waals surface area contributed by atoms with Crippen molar-refractivity contribution < 1.29 is 4.79 Å². The second-order valence-electron chi connectivity index (χ2n) is 3.58. The highest BCUT2D eigenvalue weighted by molar-refractivity contribution is 6.33. The molecule has 1 fully saturated rings. The van der Waals surface area contributed by atoms with Crippen molar-refractivity contribution in [3.05, 3.63) is 29.0 Å². The van der Waals surface area contributed by atoms with Crippen LogP contribution >= 0.6 is 11.6 Å². The van der Waals surface area contributed by atoms with Gasteiger partial charge in [-0.25, -0.2) is 0 Å². The van der Waals surface area contributed by atoms with Gasteiger partial charge < -0.3 is 10.2 Å². The second-order valence-corrected chi connectivity index (χ2v) is 3.99. The van der Waals surface area contributed by atoms with Gasteiger partial charge in [-0.3, -0.25) is 9.78 Å². The summed E-state index contributed by atoms with van der Waals surface area (Å²) in [6.07, 6.45) is 3.06. The van der Waals surface area contributed by atoms with Crippen LogP contribution in [-0.2, 0) is 0 Å². The van der Waals surface area contributed by atoms with Crippen LogP contribution in [-0.4, -0.2) is 42.0 Å². The lowest BCUT2D eigenvalue weighted by molar-refractivity contribution is 0.0681. The summed E-state index contributed by atoms with van der Waals surface area (Å²) in [4.78, 5) is 17.6. The van der Waals surface area contributed by atoms with Crippen LogP contribution in [0.15, 0.2) is 18.5 Å². The second kappa shape index (κ2) is 4.16. The van der Waals surface area contributed by atoms with Crippen molar-refractivity contribution in [2.75, 3.05) is 20.1 Å². The third-order valence-electron chi connectivity index (χ3n) is 2.63. The molecular weight excluding hydrogens is 214 g/mol.